The second-order valence-corrected chi connectivity index (χ2v) is 9.07. The number of hydrogen-bond acceptors (Lipinski definition) is 5. The zero-order valence-electron chi connectivity index (χ0n) is 20.4. The maximum Gasteiger partial charge on any atom is 0.129 e. The molecule has 2 aromatic rings. The van der Waals surface area contributed by atoms with Gasteiger partial charge in [0.1, 0.15) is 17.1 Å². The van der Waals surface area contributed by atoms with Gasteiger partial charge in [-0.2, -0.15) is 0 Å². The molecule has 0 aliphatic carbocycles. The molecule has 1 N–H and O–H groups in total. The quantitative estimate of drug-likeness (QED) is 0.747. The first kappa shape index (κ1) is 23.4. The van der Waals surface area contributed by atoms with Gasteiger partial charge in [0.15, 0.2) is 0 Å². The Balaban J connectivity index is 2.12. The maximum atomic E-state index is 12.2. The van der Waals surface area contributed by atoms with Crippen molar-refractivity contribution < 1.29 is 14.6 Å². The molecule has 1 atom stereocenters. The van der Waals surface area contributed by atoms with Crippen LogP contribution < -0.4 is 14.4 Å². The van der Waals surface area contributed by atoms with Crippen LogP contribution in [-0.2, 0) is 5.60 Å². The third-order valence-electron chi connectivity index (χ3n) is 6.99. The highest BCUT2D eigenvalue weighted by Gasteiger charge is 2.41. The highest BCUT2D eigenvalue weighted by Crippen LogP contribution is 2.48. The molecule has 1 saturated heterocycles. The van der Waals surface area contributed by atoms with Crippen molar-refractivity contribution in [1.29, 1.82) is 0 Å². The van der Waals surface area contributed by atoms with Crippen LogP contribution in [0, 0.1) is 26.7 Å². The molecule has 3 rings (SSSR count). The van der Waals surface area contributed by atoms with Gasteiger partial charge in [0.05, 0.1) is 14.2 Å². The Bertz CT molecular complexity index is 915. The van der Waals surface area contributed by atoms with E-state index in [0.717, 1.165) is 65.5 Å². The van der Waals surface area contributed by atoms with Crippen LogP contribution in [0.5, 0.6) is 11.5 Å². The number of anilines is 1. The summed E-state index contributed by atoms with van der Waals surface area (Å²) in [6.45, 7) is 14.3. The summed E-state index contributed by atoms with van der Waals surface area (Å²) in [5.74, 6) is 1.47. The van der Waals surface area contributed by atoms with Crippen LogP contribution in [0.4, 0.5) is 5.69 Å². The summed E-state index contributed by atoms with van der Waals surface area (Å²) in [7, 11) is 5.52. The molecule has 0 radical (unpaired) electrons. The van der Waals surface area contributed by atoms with E-state index in [2.05, 4.69) is 55.0 Å². The largest absolute Gasteiger partial charge is 0.496 e. The second-order valence-electron chi connectivity index (χ2n) is 9.07. The smallest absolute Gasteiger partial charge is 0.129 e. The summed E-state index contributed by atoms with van der Waals surface area (Å²) >= 11 is 0. The monoisotopic (exact) mass is 426 g/mol. The third-order valence-corrected chi connectivity index (χ3v) is 6.99. The van der Waals surface area contributed by atoms with Crippen LogP contribution in [0.1, 0.15) is 41.7 Å². The Labute approximate surface area is 187 Å². The molecule has 1 fully saturated rings. The Kier molecular flexibility index (Phi) is 6.87. The van der Waals surface area contributed by atoms with E-state index in [9.17, 15) is 5.11 Å². The first-order valence-corrected chi connectivity index (χ1v) is 11.1. The number of hydrogen-bond donors (Lipinski definition) is 1. The van der Waals surface area contributed by atoms with Gasteiger partial charge in [0.25, 0.3) is 0 Å². The molecule has 0 amide bonds. The van der Waals surface area contributed by atoms with E-state index in [0.29, 0.717) is 0 Å². The molecule has 0 aromatic heterocycles. The van der Waals surface area contributed by atoms with Crippen molar-refractivity contribution in [2.45, 2.75) is 40.2 Å². The third kappa shape index (κ3) is 4.01. The van der Waals surface area contributed by atoms with Gasteiger partial charge in [-0.3, -0.25) is 0 Å². The summed E-state index contributed by atoms with van der Waals surface area (Å²) in [6.07, 6.45) is 0. The average Bonchev–Trinajstić information content (AvgIpc) is 2.76. The normalized spacial score (nSPS) is 17.0. The van der Waals surface area contributed by atoms with Gasteiger partial charge in [0.2, 0.25) is 0 Å². The Hall–Kier alpha value is -2.24. The molecule has 1 aliphatic rings. The molecule has 31 heavy (non-hydrogen) atoms. The van der Waals surface area contributed by atoms with Gasteiger partial charge in [-0.1, -0.05) is 26.0 Å². The van der Waals surface area contributed by atoms with Gasteiger partial charge < -0.3 is 24.4 Å². The van der Waals surface area contributed by atoms with Crippen LogP contribution in [-0.4, -0.2) is 57.5 Å². The number of ether oxygens (including phenoxy) is 2. The topological polar surface area (TPSA) is 45.2 Å². The van der Waals surface area contributed by atoms with Crippen LogP contribution in [0.3, 0.4) is 0 Å². The Morgan fingerprint density at radius 2 is 1.35 bits per heavy atom. The van der Waals surface area contributed by atoms with E-state index >= 15 is 0 Å². The lowest BCUT2D eigenvalue weighted by Gasteiger charge is -2.38. The van der Waals surface area contributed by atoms with Gasteiger partial charge in [-0.05, 0) is 62.6 Å². The Morgan fingerprint density at radius 3 is 1.84 bits per heavy atom. The minimum absolute atomic E-state index is 0.0681. The van der Waals surface area contributed by atoms with Crippen molar-refractivity contribution >= 4 is 5.69 Å². The second kappa shape index (κ2) is 9.09. The first-order valence-electron chi connectivity index (χ1n) is 11.1. The molecule has 1 aliphatic heterocycles. The maximum absolute atomic E-state index is 12.2. The molecule has 170 valence electrons. The number of rotatable bonds is 6. The van der Waals surface area contributed by atoms with E-state index in [4.69, 9.17) is 9.47 Å². The van der Waals surface area contributed by atoms with Gasteiger partial charge >= 0.3 is 0 Å². The number of nitrogens with zero attached hydrogens (tertiary/aromatic N) is 2. The molecule has 0 spiro atoms. The molecular weight excluding hydrogens is 388 g/mol. The summed E-state index contributed by atoms with van der Waals surface area (Å²) in [6, 6.07) is 8.39. The summed E-state index contributed by atoms with van der Waals surface area (Å²) in [4.78, 5) is 4.76. The molecule has 5 heteroatoms. The van der Waals surface area contributed by atoms with Crippen molar-refractivity contribution in [2.24, 2.45) is 5.92 Å². The van der Waals surface area contributed by atoms with Crippen molar-refractivity contribution in [3.63, 3.8) is 0 Å². The fourth-order valence-electron chi connectivity index (χ4n) is 4.87. The zero-order valence-corrected chi connectivity index (χ0v) is 20.4. The van der Waals surface area contributed by atoms with Gasteiger partial charge in [0, 0.05) is 43.0 Å². The van der Waals surface area contributed by atoms with Crippen LogP contribution in [0.25, 0.3) is 0 Å². The molecule has 1 heterocycles. The van der Waals surface area contributed by atoms with Crippen LogP contribution in [0.15, 0.2) is 24.3 Å². The summed E-state index contributed by atoms with van der Waals surface area (Å²) in [5, 5.41) is 12.2. The molecule has 1 unspecified atom stereocenters. The molecule has 0 bridgehead atoms. The predicted octanol–water partition coefficient (Wildman–Crippen LogP) is 4.27. The fraction of sp³-hybridized carbons (Fsp3) is 0.538. The summed E-state index contributed by atoms with van der Waals surface area (Å²) < 4.78 is 11.6. The number of methoxy groups -OCH3 is 2. The van der Waals surface area contributed by atoms with Crippen molar-refractivity contribution in [1.82, 2.24) is 4.90 Å². The SMILES string of the molecule is COc1c(C)c(C)c(OC)c(C(O)(c2ccc(N3CCN(C)CC3)cc2)C(C)C)c1C. The van der Waals surface area contributed by atoms with E-state index in [1.807, 2.05) is 20.8 Å². The first-order chi connectivity index (χ1) is 14.7. The van der Waals surface area contributed by atoms with Crippen molar-refractivity contribution in [2.75, 3.05) is 52.3 Å². The molecule has 2 aromatic carbocycles. The minimum atomic E-state index is -1.21. The lowest BCUT2D eigenvalue weighted by atomic mass is 9.74. The minimum Gasteiger partial charge on any atom is -0.496 e. The standard InChI is InChI=1S/C26H38N2O3/c1-17(2)26(29,23-20(5)24(30-7)18(3)19(4)25(23)31-8)21-9-11-22(12-10-21)28-15-13-27(6)14-16-28/h9-12,17,29H,13-16H2,1-8H3. The van der Waals surface area contributed by atoms with Crippen LogP contribution >= 0.6 is 0 Å². The molecule has 5 nitrogen and oxygen atoms in total. The number of aliphatic hydroxyl groups is 1. The number of piperazine rings is 1. The number of likely N-dealkylation sites (N-methyl/N-ethyl adjacent to an activating group) is 1. The summed E-state index contributed by atoms with van der Waals surface area (Å²) in [5.41, 5.74) is 4.60. The van der Waals surface area contributed by atoms with Crippen molar-refractivity contribution in [3.8, 4) is 11.5 Å². The van der Waals surface area contributed by atoms with E-state index in [1.165, 1.54) is 5.69 Å². The van der Waals surface area contributed by atoms with Gasteiger partial charge in [-0.25, -0.2) is 0 Å². The zero-order chi connectivity index (χ0) is 22.9. The Morgan fingerprint density at radius 1 is 0.839 bits per heavy atom. The lowest BCUT2D eigenvalue weighted by Crippen LogP contribution is -2.44. The van der Waals surface area contributed by atoms with E-state index in [-0.39, 0.29) is 5.92 Å². The number of benzene rings is 2. The van der Waals surface area contributed by atoms with E-state index < -0.39 is 5.60 Å². The average molecular weight is 427 g/mol. The highest BCUT2D eigenvalue weighted by molar-refractivity contribution is 5.62. The van der Waals surface area contributed by atoms with Gasteiger partial charge in [-0.15, -0.1) is 0 Å². The van der Waals surface area contributed by atoms with Crippen LogP contribution in [0.2, 0.25) is 0 Å². The van der Waals surface area contributed by atoms with Crippen molar-refractivity contribution in [3.05, 3.63) is 52.1 Å². The predicted molar refractivity (Wildman–Crippen MR) is 128 cm³/mol. The van der Waals surface area contributed by atoms with E-state index in [1.54, 1.807) is 14.2 Å². The highest BCUT2D eigenvalue weighted by atomic mass is 16.5. The molecule has 0 saturated carbocycles. The molecular formula is C26H38N2O3. The lowest BCUT2D eigenvalue weighted by molar-refractivity contribution is 0.0285. The fourth-order valence-corrected chi connectivity index (χ4v) is 4.87.